The molecule has 0 saturated carbocycles. The van der Waals surface area contributed by atoms with Crippen LogP contribution in [-0.2, 0) is 0 Å². The van der Waals surface area contributed by atoms with Crippen LogP contribution in [0.4, 0.5) is 5.69 Å². The molecule has 1 fully saturated rings. The van der Waals surface area contributed by atoms with Gasteiger partial charge in [-0.05, 0) is 6.07 Å². The monoisotopic (exact) mass is 219 g/mol. The molecule has 3 rings (SSSR count). The Balaban J connectivity index is 2.13. The summed E-state index contributed by atoms with van der Waals surface area (Å²) in [5.74, 6) is 2.47. The molecule has 0 atom stereocenters. The van der Waals surface area contributed by atoms with E-state index in [1.54, 1.807) is 0 Å². The van der Waals surface area contributed by atoms with Crippen molar-refractivity contribution in [3.05, 3.63) is 34.1 Å². The highest BCUT2D eigenvalue weighted by Crippen LogP contribution is 2.44. The predicted octanol–water partition coefficient (Wildman–Crippen LogP) is 3.55. The molecule has 0 aliphatic carbocycles. The molecule has 1 nitrogen and oxygen atoms in total. The van der Waals surface area contributed by atoms with E-state index in [1.807, 2.05) is 35.8 Å². The number of fused-ring (bicyclic) bond motifs is 1. The first-order chi connectivity index (χ1) is 6.95. The van der Waals surface area contributed by atoms with E-state index in [2.05, 4.69) is 23.2 Å². The Kier molecular flexibility index (Phi) is 2.14. The molecule has 70 valence electrons. The predicted molar refractivity (Wildman–Crippen MR) is 66.4 cm³/mol. The van der Waals surface area contributed by atoms with Crippen LogP contribution in [0.1, 0.15) is 5.56 Å². The maximum atomic E-state index is 4.42. The number of hydrogen-bond acceptors (Lipinski definition) is 3. The average molecular weight is 219 g/mol. The first kappa shape index (κ1) is 8.62. The van der Waals surface area contributed by atoms with Crippen molar-refractivity contribution in [3.63, 3.8) is 0 Å². The highest BCUT2D eigenvalue weighted by atomic mass is 32.2. The third-order valence-corrected chi connectivity index (χ3v) is 5.04. The maximum absolute atomic E-state index is 4.42. The lowest BCUT2D eigenvalue weighted by molar-refractivity contribution is 1.55. The molecule has 0 aromatic heterocycles. The smallest absolute Gasteiger partial charge is 0.0709 e. The van der Waals surface area contributed by atoms with Gasteiger partial charge >= 0.3 is 0 Å². The van der Waals surface area contributed by atoms with Gasteiger partial charge in [0.1, 0.15) is 0 Å². The minimum absolute atomic E-state index is 1.11. The van der Waals surface area contributed by atoms with Crippen molar-refractivity contribution >= 4 is 41.0 Å². The molecule has 0 bridgehead atoms. The molecular weight excluding hydrogens is 210 g/mol. The van der Waals surface area contributed by atoms with Gasteiger partial charge in [-0.3, -0.25) is 4.99 Å². The first-order valence-electron chi connectivity index (χ1n) is 4.58. The van der Waals surface area contributed by atoms with Crippen molar-refractivity contribution in [2.24, 2.45) is 4.99 Å². The molecule has 2 aliphatic rings. The van der Waals surface area contributed by atoms with E-state index in [0.29, 0.717) is 0 Å². The highest BCUT2D eigenvalue weighted by molar-refractivity contribution is 8.25. The second-order valence-corrected chi connectivity index (χ2v) is 5.64. The van der Waals surface area contributed by atoms with Crippen LogP contribution in [0.2, 0.25) is 0 Å². The van der Waals surface area contributed by atoms with Gasteiger partial charge in [0.25, 0.3) is 0 Å². The minimum Gasteiger partial charge on any atom is -0.256 e. The maximum Gasteiger partial charge on any atom is 0.0709 e. The zero-order valence-corrected chi connectivity index (χ0v) is 9.20. The Bertz CT molecular complexity index is 427. The summed E-state index contributed by atoms with van der Waals surface area (Å²) in [4.78, 5) is 4.42. The fourth-order valence-corrected chi connectivity index (χ4v) is 4.15. The number of allylic oxidation sites excluding steroid dienone is 1. The molecule has 0 radical (unpaired) electrons. The fourth-order valence-electron chi connectivity index (χ4n) is 1.65. The molecule has 14 heavy (non-hydrogen) atoms. The summed E-state index contributed by atoms with van der Waals surface area (Å²) in [5.41, 5.74) is 3.74. The first-order valence-corrected chi connectivity index (χ1v) is 6.55. The molecule has 2 aliphatic heterocycles. The number of aliphatic imine (C=N–C) groups is 1. The molecule has 1 saturated heterocycles. The summed E-state index contributed by atoms with van der Waals surface area (Å²) in [6, 6.07) is 8.35. The summed E-state index contributed by atoms with van der Waals surface area (Å²) in [6.45, 7) is 0. The van der Waals surface area contributed by atoms with E-state index in [-0.39, 0.29) is 0 Å². The van der Waals surface area contributed by atoms with E-state index in [0.717, 1.165) is 5.69 Å². The molecule has 2 heterocycles. The lowest BCUT2D eigenvalue weighted by Crippen LogP contribution is -1.80. The van der Waals surface area contributed by atoms with Gasteiger partial charge in [-0.15, -0.1) is 23.5 Å². The molecule has 1 aromatic rings. The lowest BCUT2D eigenvalue weighted by atomic mass is 10.1. The number of thioether (sulfide) groups is 2. The van der Waals surface area contributed by atoms with Crippen LogP contribution >= 0.6 is 23.5 Å². The molecule has 0 N–H and O–H groups in total. The van der Waals surface area contributed by atoms with Crippen molar-refractivity contribution in [2.75, 3.05) is 11.5 Å². The number of para-hydroxylation sites is 1. The number of rotatable bonds is 0. The number of hydrogen-bond donors (Lipinski definition) is 0. The lowest BCUT2D eigenvalue weighted by Gasteiger charge is -2.01. The summed E-state index contributed by atoms with van der Waals surface area (Å²) in [7, 11) is 0. The zero-order valence-electron chi connectivity index (χ0n) is 7.56. The normalized spacial score (nSPS) is 19.1. The van der Waals surface area contributed by atoms with Crippen LogP contribution in [0.15, 0.2) is 33.5 Å². The fraction of sp³-hybridized carbons (Fsp3) is 0.182. The second kappa shape index (κ2) is 3.48. The van der Waals surface area contributed by atoms with E-state index in [1.165, 1.54) is 26.9 Å². The van der Waals surface area contributed by atoms with Crippen molar-refractivity contribution < 1.29 is 0 Å². The van der Waals surface area contributed by atoms with E-state index in [9.17, 15) is 0 Å². The molecule has 1 aromatic carbocycles. The van der Waals surface area contributed by atoms with E-state index < -0.39 is 0 Å². The van der Waals surface area contributed by atoms with Gasteiger partial charge in [-0.2, -0.15) is 0 Å². The SMILES string of the molecule is C1=Nc2ccccc2C1=C1SCCS1. The Labute approximate surface area is 91.7 Å². The van der Waals surface area contributed by atoms with Crippen LogP contribution in [-0.4, -0.2) is 17.7 Å². The summed E-state index contributed by atoms with van der Waals surface area (Å²) in [6.07, 6.45) is 2.01. The van der Waals surface area contributed by atoms with Crippen LogP contribution in [0.5, 0.6) is 0 Å². The summed E-state index contributed by atoms with van der Waals surface area (Å²) in [5, 5.41) is 0. The van der Waals surface area contributed by atoms with E-state index in [4.69, 9.17) is 0 Å². The largest absolute Gasteiger partial charge is 0.256 e. The van der Waals surface area contributed by atoms with Gasteiger partial charge < -0.3 is 0 Å². The minimum atomic E-state index is 1.11. The molecule has 0 spiro atoms. The van der Waals surface area contributed by atoms with Gasteiger partial charge in [0.15, 0.2) is 0 Å². The van der Waals surface area contributed by atoms with Gasteiger partial charge in [0, 0.05) is 33.1 Å². The topological polar surface area (TPSA) is 12.4 Å². The number of benzene rings is 1. The van der Waals surface area contributed by atoms with Crippen LogP contribution in [0.3, 0.4) is 0 Å². The van der Waals surface area contributed by atoms with Crippen LogP contribution in [0, 0.1) is 0 Å². The third-order valence-electron chi connectivity index (χ3n) is 2.30. The van der Waals surface area contributed by atoms with Crippen molar-refractivity contribution in [3.8, 4) is 0 Å². The quantitative estimate of drug-likeness (QED) is 0.661. The molecule has 3 heteroatoms. The third kappa shape index (κ3) is 1.31. The average Bonchev–Trinajstić information content (AvgIpc) is 2.85. The Morgan fingerprint density at radius 3 is 2.71 bits per heavy atom. The second-order valence-electron chi connectivity index (χ2n) is 3.17. The highest BCUT2D eigenvalue weighted by Gasteiger charge is 2.19. The Hall–Kier alpha value is -0.670. The molecule has 0 amide bonds. The van der Waals surface area contributed by atoms with Crippen molar-refractivity contribution in [1.29, 1.82) is 0 Å². The van der Waals surface area contributed by atoms with Crippen molar-refractivity contribution in [1.82, 2.24) is 0 Å². The Morgan fingerprint density at radius 2 is 1.86 bits per heavy atom. The van der Waals surface area contributed by atoms with Gasteiger partial charge in [-0.25, -0.2) is 0 Å². The van der Waals surface area contributed by atoms with Gasteiger partial charge in [0.05, 0.1) is 5.69 Å². The number of nitrogens with zero attached hydrogens (tertiary/aromatic N) is 1. The Morgan fingerprint density at radius 1 is 1.07 bits per heavy atom. The molecular formula is C11H9NS2. The zero-order chi connectivity index (χ0) is 9.38. The summed E-state index contributed by atoms with van der Waals surface area (Å²) >= 11 is 3.91. The summed E-state index contributed by atoms with van der Waals surface area (Å²) < 4.78 is 1.44. The van der Waals surface area contributed by atoms with E-state index >= 15 is 0 Å². The van der Waals surface area contributed by atoms with Crippen molar-refractivity contribution in [2.45, 2.75) is 0 Å². The van der Waals surface area contributed by atoms with Crippen LogP contribution in [0.25, 0.3) is 5.57 Å². The van der Waals surface area contributed by atoms with Crippen LogP contribution < -0.4 is 0 Å². The van der Waals surface area contributed by atoms with Gasteiger partial charge in [-0.1, -0.05) is 18.2 Å². The van der Waals surface area contributed by atoms with Gasteiger partial charge in [0.2, 0.25) is 0 Å². The molecule has 0 unspecified atom stereocenters. The standard InChI is InChI=1S/C11H9NS2/c1-2-4-10-8(3-1)9(7-12-10)11-13-5-6-14-11/h1-4,7H,5-6H2.